The topological polar surface area (TPSA) is 54.0 Å². The molecular formula is C21H20F4O5. The average molecular weight is 428 g/mol. The predicted octanol–water partition coefficient (Wildman–Crippen LogP) is 4.52. The highest BCUT2D eigenvalue weighted by Crippen LogP contribution is 2.37. The fourth-order valence-corrected chi connectivity index (χ4v) is 3.12. The Morgan fingerprint density at radius 3 is 2.37 bits per heavy atom. The summed E-state index contributed by atoms with van der Waals surface area (Å²) in [6.07, 6.45) is -4.75. The number of esters is 1. The minimum absolute atomic E-state index is 0.0420. The monoisotopic (exact) mass is 428 g/mol. The molecule has 5 nitrogen and oxygen atoms in total. The van der Waals surface area contributed by atoms with Gasteiger partial charge >= 0.3 is 12.3 Å². The van der Waals surface area contributed by atoms with Crippen LogP contribution in [-0.4, -0.2) is 32.2 Å². The lowest BCUT2D eigenvalue weighted by molar-refractivity contribution is -0.275. The zero-order valence-corrected chi connectivity index (χ0v) is 16.1. The largest absolute Gasteiger partial charge is 0.573 e. The Kier molecular flexibility index (Phi) is 6.50. The first-order valence-electron chi connectivity index (χ1n) is 9.22. The molecule has 0 saturated carbocycles. The predicted molar refractivity (Wildman–Crippen MR) is 97.6 cm³/mol. The summed E-state index contributed by atoms with van der Waals surface area (Å²) < 4.78 is 69.9. The number of rotatable bonds is 8. The van der Waals surface area contributed by atoms with Gasteiger partial charge < -0.3 is 18.9 Å². The van der Waals surface area contributed by atoms with Crippen LogP contribution in [0.15, 0.2) is 42.5 Å². The van der Waals surface area contributed by atoms with E-state index in [2.05, 4.69) is 4.74 Å². The highest BCUT2D eigenvalue weighted by Gasteiger charge is 2.42. The molecule has 0 aromatic heterocycles. The van der Waals surface area contributed by atoms with Gasteiger partial charge in [-0.25, -0.2) is 4.39 Å². The number of halogens is 4. The molecule has 162 valence electrons. The van der Waals surface area contributed by atoms with Gasteiger partial charge in [0.25, 0.3) is 0 Å². The lowest BCUT2D eigenvalue weighted by Crippen LogP contribution is -2.48. The summed E-state index contributed by atoms with van der Waals surface area (Å²) in [5.74, 6) is -1.83. The van der Waals surface area contributed by atoms with Crippen molar-refractivity contribution in [3.63, 3.8) is 0 Å². The van der Waals surface area contributed by atoms with E-state index in [9.17, 15) is 22.4 Å². The lowest BCUT2D eigenvalue weighted by atomic mass is 9.76. The standard InChI is InChI=1S/C21H20F4O5/c1-2-28-19(26)10-20(12-27-13-20)15-4-6-16(7-5-15)29-11-14-3-8-18(17(22)9-14)30-21(23,24)25/h3-9H,2,10-13H2,1H3. The third-order valence-corrected chi connectivity index (χ3v) is 4.64. The fraction of sp³-hybridized carbons (Fsp3) is 0.381. The molecule has 2 aromatic carbocycles. The van der Waals surface area contributed by atoms with Crippen LogP contribution in [0.1, 0.15) is 24.5 Å². The van der Waals surface area contributed by atoms with Gasteiger partial charge in [-0.15, -0.1) is 13.2 Å². The van der Waals surface area contributed by atoms with E-state index in [1.807, 2.05) is 12.1 Å². The lowest BCUT2D eigenvalue weighted by Gasteiger charge is -2.41. The molecule has 1 aliphatic rings. The van der Waals surface area contributed by atoms with Crippen LogP contribution in [0, 0.1) is 5.82 Å². The van der Waals surface area contributed by atoms with Crippen LogP contribution in [0.25, 0.3) is 0 Å². The van der Waals surface area contributed by atoms with Crippen molar-refractivity contribution in [2.75, 3.05) is 19.8 Å². The molecule has 0 atom stereocenters. The summed E-state index contributed by atoms with van der Waals surface area (Å²) in [5.41, 5.74) is 0.827. The molecule has 0 radical (unpaired) electrons. The molecule has 0 amide bonds. The van der Waals surface area contributed by atoms with Crippen molar-refractivity contribution in [2.45, 2.75) is 31.7 Å². The van der Waals surface area contributed by atoms with Gasteiger partial charge in [-0.1, -0.05) is 18.2 Å². The third-order valence-electron chi connectivity index (χ3n) is 4.64. The number of carbonyl (C=O) groups is 1. The number of hydrogen-bond acceptors (Lipinski definition) is 5. The average Bonchev–Trinajstić information content (AvgIpc) is 2.65. The van der Waals surface area contributed by atoms with Gasteiger partial charge in [0.15, 0.2) is 11.6 Å². The Balaban J connectivity index is 1.61. The van der Waals surface area contributed by atoms with Crippen LogP contribution in [0.5, 0.6) is 11.5 Å². The number of hydrogen-bond donors (Lipinski definition) is 0. The summed E-state index contributed by atoms with van der Waals surface area (Å²) in [7, 11) is 0. The molecule has 0 unspecified atom stereocenters. The molecule has 0 N–H and O–H groups in total. The molecule has 1 fully saturated rings. The van der Waals surface area contributed by atoms with Gasteiger partial charge in [0, 0.05) is 0 Å². The van der Waals surface area contributed by atoms with Gasteiger partial charge in [-0.3, -0.25) is 4.79 Å². The van der Waals surface area contributed by atoms with E-state index in [1.165, 1.54) is 6.07 Å². The Labute approximate surface area is 170 Å². The minimum atomic E-state index is -4.96. The van der Waals surface area contributed by atoms with E-state index in [1.54, 1.807) is 19.1 Å². The van der Waals surface area contributed by atoms with Crippen molar-refractivity contribution >= 4 is 5.97 Å². The smallest absolute Gasteiger partial charge is 0.489 e. The van der Waals surface area contributed by atoms with E-state index in [0.717, 1.165) is 17.7 Å². The Morgan fingerprint density at radius 2 is 1.83 bits per heavy atom. The first kappa shape index (κ1) is 21.9. The van der Waals surface area contributed by atoms with E-state index < -0.39 is 23.3 Å². The highest BCUT2D eigenvalue weighted by atomic mass is 19.4. The number of alkyl halides is 3. The molecule has 0 spiro atoms. The van der Waals surface area contributed by atoms with Gasteiger partial charge in [0.05, 0.1) is 31.7 Å². The SMILES string of the molecule is CCOC(=O)CC1(c2ccc(OCc3ccc(OC(F)(F)F)c(F)c3)cc2)COC1. The molecule has 1 heterocycles. The van der Waals surface area contributed by atoms with Gasteiger partial charge in [0.1, 0.15) is 12.4 Å². The van der Waals surface area contributed by atoms with Crippen molar-refractivity contribution in [3.05, 3.63) is 59.4 Å². The van der Waals surface area contributed by atoms with E-state index >= 15 is 0 Å². The third kappa shape index (κ3) is 5.41. The molecule has 0 aliphatic carbocycles. The van der Waals surface area contributed by atoms with Crippen LogP contribution in [0.2, 0.25) is 0 Å². The van der Waals surface area contributed by atoms with Crippen molar-refractivity contribution in [3.8, 4) is 11.5 Å². The van der Waals surface area contributed by atoms with Gasteiger partial charge in [-0.2, -0.15) is 0 Å². The Hall–Kier alpha value is -2.81. The summed E-state index contributed by atoms with van der Waals surface area (Å²) in [4.78, 5) is 11.9. The molecule has 3 rings (SSSR count). The minimum Gasteiger partial charge on any atom is -0.489 e. The summed E-state index contributed by atoms with van der Waals surface area (Å²) >= 11 is 0. The van der Waals surface area contributed by atoms with Gasteiger partial charge in [0.2, 0.25) is 0 Å². The van der Waals surface area contributed by atoms with Crippen molar-refractivity contribution < 1.29 is 41.3 Å². The van der Waals surface area contributed by atoms with Gasteiger partial charge in [-0.05, 0) is 42.3 Å². The zero-order valence-electron chi connectivity index (χ0n) is 16.1. The second kappa shape index (κ2) is 8.91. The summed E-state index contributed by atoms with van der Waals surface area (Å²) in [5, 5.41) is 0. The molecule has 2 aromatic rings. The van der Waals surface area contributed by atoms with E-state index in [4.69, 9.17) is 14.2 Å². The van der Waals surface area contributed by atoms with Crippen molar-refractivity contribution in [1.82, 2.24) is 0 Å². The maximum atomic E-state index is 13.8. The zero-order chi connectivity index (χ0) is 21.8. The fourth-order valence-electron chi connectivity index (χ4n) is 3.12. The second-order valence-corrected chi connectivity index (χ2v) is 6.88. The molecule has 9 heteroatoms. The summed E-state index contributed by atoms with van der Waals surface area (Å²) in [6, 6.07) is 10.2. The maximum absolute atomic E-state index is 13.8. The highest BCUT2D eigenvalue weighted by molar-refractivity contribution is 5.72. The van der Waals surface area contributed by atoms with Crippen LogP contribution >= 0.6 is 0 Å². The van der Waals surface area contributed by atoms with E-state index in [0.29, 0.717) is 31.1 Å². The van der Waals surface area contributed by atoms with Crippen LogP contribution in [0.3, 0.4) is 0 Å². The Morgan fingerprint density at radius 1 is 1.13 bits per heavy atom. The van der Waals surface area contributed by atoms with E-state index in [-0.39, 0.29) is 19.0 Å². The second-order valence-electron chi connectivity index (χ2n) is 6.88. The van der Waals surface area contributed by atoms with Crippen LogP contribution in [-0.2, 0) is 26.3 Å². The molecular weight excluding hydrogens is 408 g/mol. The quantitative estimate of drug-likeness (QED) is 0.457. The number of benzene rings is 2. The molecule has 0 bridgehead atoms. The summed E-state index contributed by atoms with van der Waals surface area (Å²) in [6.45, 7) is 2.85. The molecule has 1 aliphatic heterocycles. The normalized spacial score (nSPS) is 15.2. The number of carbonyl (C=O) groups excluding carboxylic acids is 1. The first-order chi connectivity index (χ1) is 14.2. The molecule has 30 heavy (non-hydrogen) atoms. The van der Waals surface area contributed by atoms with Crippen LogP contribution < -0.4 is 9.47 Å². The Bertz CT molecular complexity index is 876. The van der Waals surface area contributed by atoms with Crippen molar-refractivity contribution in [1.29, 1.82) is 0 Å². The van der Waals surface area contributed by atoms with Crippen LogP contribution in [0.4, 0.5) is 17.6 Å². The maximum Gasteiger partial charge on any atom is 0.573 e. The first-order valence-corrected chi connectivity index (χ1v) is 9.22. The van der Waals surface area contributed by atoms with Crippen molar-refractivity contribution in [2.24, 2.45) is 0 Å². The number of ether oxygens (including phenoxy) is 4. The molecule has 1 saturated heterocycles.